The van der Waals surface area contributed by atoms with Crippen molar-refractivity contribution < 1.29 is 9.84 Å². The summed E-state index contributed by atoms with van der Waals surface area (Å²) in [5, 5.41) is 12.2. The number of ether oxygens (including phenoxy) is 1. The van der Waals surface area contributed by atoms with Gasteiger partial charge < -0.3 is 15.2 Å². The van der Waals surface area contributed by atoms with Crippen molar-refractivity contribution in [3.63, 3.8) is 0 Å². The average Bonchev–Trinajstić information content (AvgIpc) is 2.17. The van der Waals surface area contributed by atoms with Crippen molar-refractivity contribution in [3.05, 3.63) is 0 Å². The minimum absolute atomic E-state index is 0.274. The van der Waals surface area contributed by atoms with E-state index < -0.39 is 0 Å². The van der Waals surface area contributed by atoms with Crippen molar-refractivity contribution in [2.45, 2.75) is 12.5 Å². The fourth-order valence-corrected chi connectivity index (χ4v) is 1.74. The minimum atomic E-state index is 0.274. The molecule has 0 aromatic carbocycles. The van der Waals surface area contributed by atoms with E-state index in [-0.39, 0.29) is 6.61 Å². The molecule has 0 aromatic rings. The van der Waals surface area contributed by atoms with E-state index in [0.29, 0.717) is 6.04 Å². The van der Waals surface area contributed by atoms with Gasteiger partial charge in [-0.3, -0.25) is 4.90 Å². The number of nitrogens with one attached hydrogen (secondary N) is 1. The van der Waals surface area contributed by atoms with Crippen LogP contribution in [0.25, 0.3) is 0 Å². The Balaban J connectivity index is 2.28. The number of rotatable bonds is 5. The highest BCUT2D eigenvalue weighted by Crippen LogP contribution is 2.06. The minimum Gasteiger partial charge on any atom is -0.396 e. The predicted octanol–water partition coefficient (Wildman–Crippen LogP) is -0.711. The molecule has 1 fully saturated rings. The smallest absolute Gasteiger partial charge is 0.0589 e. The van der Waals surface area contributed by atoms with Crippen LogP contribution in [0.3, 0.4) is 0 Å². The van der Waals surface area contributed by atoms with Crippen LogP contribution in [-0.4, -0.2) is 62.6 Å². The van der Waals surface area contributed by atoms with Gasteiger partial charge in [0.2, 0.25) is 0 Å². The fourth-order valence-electron chi connectivity index (χ4n) is 1.74. The summed E-state index contributed by atoms with van der Waals surface area (Å²) in [5.41, 5.74) is 0. The van der Waals surface area contributed by atoms with Crippen molar-refractivity contribution in [1.82, 2.24) is 10.2 Å². The number of nitrogens with zero attached hydrogens (tertiary/aromatic N) is 1. The monoisotopic (exact) mass is 188 g/mol. The molecule has 0 bridgehead atoms. The first kappa shape index (κ1) is 10.9. The Hall–Kier alpha value is -0.160. The van der Waals surface area contributed by atoms with Gasteiger partial charge >= 0.3 is 0 Å². The highest BCUT2D eigenvalue weighted by molar-refractivity contribution is 4.79. The number of piperazine rings is 1. The molecule has 2 N–H and O–H groups in total. The Morgan fingerprint density at radius 3 is 3.15 bits per heavy atom. The third kappa shape index (κ3) is 3.60. The molecule has 13 heavy (non-hydrogen) atoms. The maximum atomic E-state index is 8.88. The van der Waals surface area contributed by atoms with Crippen LogP contribution in [0.15, 0.2) is 0 Å². The second-order valence-electron chi connectivity index (χ2n) is 3.40. The largest absolute Gasteiger partial charge is 0.396 e. The number of hydrogen-bond donors (Lipinski definition) is 2. The number of methoxy groups -OCH3 is 1. The van der Waals surface area contributed by atoms with Gasteiger partial charge in [-0.1, -0.05) is 0 Å². The molecule has 4 heteroatoms. The standard InChI is InChI=1S/C9H20N2O2/c1-13-7-5-11-4-3-10-8-9(11)2-6-12/h9-10,12H,2-8H2,1H3. The maximum absolute atomic E-state index is 8.88. The lowest BCUT2D eigenvalue weighted by molar-refractivity contribution is 0.0897. The summed E-state index contributed by atoms with van der Waals surface area (Å²) in [5.74, 6) is 0. The molecule has 1 aliphatic heterocycles. The summed E-state index contributed by atoms with van der Waals surface area (Å²) in [7, 11) is 1.73. The summed E-state index contributed by atoms with van der Waals surface area (Å²) in [6.07, 6.45) is 0.858. The summed E-state index contributed by atoms with van der Waals surface area (Å²) in [6, 6.07) is 0.480. The molecule has 0 spiro atoms. The Bertz CT molecular complexity index is 131. The van der Waals surface area contributed by atoms with E-state index >= 15 is 0 Å². The molecular formula is C9H20N2O2. The van der Waals surface area contributed by atoms with E-state index in [0.717, 1.165) is 39.2 Å². The highest BCUT2D eigenvalue weighted by atomic mass is 16.5. The van der Waals surface area contributed by atoms with Gasteiger partial charge in [-0.2, -0.15) is 0 Å². The Labute approximate surface area is 79.9 Å². The lowest BCUT2D eigenvalue weighted by Gasteiger charge is -2.35. The van der Waals surface area contributed by atoms with Gasteiger partial charge in [0.1, 0.15) is 0 Å². The summed E-state index contributed by atoms with van der Waals surface area (Å²) in [6.45, 7) is 5.13. The first-order valence-corrected chi connectivity index (χ1v) is 4.93. The van der Waals surface area contributed by atoms with E-state index in [2.05, 4.69) is 10.2 Å². The van der Waals surface area contributed by atoms with Gasteiger partial charge in [-0.15, -0.1) is 0 Å². The zero-order chi connectivity index (χ0) is 9.52. The third-order valence-corrected chi connectivity index (χ3v) is 2.52. The molecular weight excluding hydrogens is 168 g/mol. The van der Waals surface area contributed by atoms with Crippen LogP contribution in [0.5, 0.6) is 0 Å². The van der Waals surface area contributed by atoms with Crippen LogP contribution in [0.1, 0.15) is 6.42 Å². The van der Waals surface area contributed by atoms with Crippen molar-refractivity contribution in [3.8, 4) is 0 Å². The van der Waals surface area contributed by atoms with Crippen LogP contribution < -0.4 is 5.32 Å². The normalized spacial score (nSPS) is 24.9. The second kappa shape index (κ2) is 6.32. The molecule has 0 radical (unpaired) electrons. The third-order valence-electron chi connectivity index (χ3n) is 2.52. The van der Waals surface area contributed by atoms with Crippen LogP contribution in [0.2, 0.25) is 0 Å². The highest BCUT2D eigenvalue weighted by Gasteiger charge is 2.20. The van der Waals surface area contributed by atoms with Gasteiger partial charge in [0.15, 0.2) is 0 Å². The maximum Gasteiger partial charge on any atom is 0.0589 e. The van der Waals surface area contributed by atoms with Crippen LogP contribution in [-0.2, 0) is 4.74 Å². The number of aliphatic hydroxyl groups is 1. The molecule has 0 aliphatic carbocycles. The second-order valence-corrected chi connectivity index (χ2v) is 3.40. The van der Waals surface area contributed by atoms with Crippen molar-refractivity contribution in [2.24, 2.45) is 0 Å². The quantitative estimate of drug-likeness (QED) is 0.598. The molecule has 0 amide bonds. The van der Waals surface area contributed by atoms with Crippen molar-refractivity contribution in [2.75, 3.05) is 46.5 Å². The summed E-state index contributed by atoms with van der Waals surface area (Å²) < 4.78 is 5.05. The molecule has 0 aromatic heterocycles. The summed E-state index contributed by atoms with van der Waals surface area (Å²) in [4.78, 5) is 2.39. The Morgan fingerprint density at radius 1 is 1.62 bits per heavy atom. The lowest BCUT2D eigenvalue weighted by atomic mass is 10.1. The molecule has 1 unspecified atom stereocenters. The van der Waals surface area contributed by atoms with Gasteiger partial charge in [-0.25, -0.2) is 0 Å². The molecule has 1 saturated heterocycles. The van der Waals surface area contributed by atoms with E-state index in [9.17, 15) is 0 Å². The molecule has 1 rings (SSSR count). The molecule has 1 atom stereocenters. The molecule has 0 saturated carbocycles. The van der Waals surface area contributed by atoms with Crippen LogP contribution >= 0.6 is 0 Å². The zero-order valence-electron chi connectivity index (χ0n) is 8.33. The van der Waals surface area contributed by atoms with E-state index in [1.54, 1.807) is 7.11 Å². The molecule has 1 aliphatic rings. The topological polar surface area (TPSA) is 44.7 Å². The zero-order valence-corrected chi connectivity index (χ0v) is 8.33. The van der Waals surface area contributed by atoms with Gasteiger partial charge in [0.05, 0.1) is 6.61 Å². The molecule has 4 nitrogen and oxygen atoms in total. The van der Waals surface area contributed by atoms with Crippen molar-refractivity contribution >= 4 is 0 Å². The number of aliphatic hydroxyl groups excluding tert-OH is 1. The predicted molar refractivity (Wildman–Crippen MR) is 51.8 cm³/mol. The number of hydrogen-bond acceptors (Lipinski definition) is 4. The Kier molecular flexibility index (Phi) is 5.31. The SMILES string of the molecule is COCCN1CCNCC1CCO. The average molecular weight is 188 g/mol. The van der Waals surface area contributed by atoms with Crippen LogP contribution in [0.4, 0.5) is 0 Å². The molecule has 1 heterocycles. The Morgan fingerprint density at radius 2 is 2.46 bits per heavy atom. The lowest BCUT2D eigenvalue weighted by Crippen LogP contribution is -2.52. The van der Waals surface area contributed by atoms with Gasteiger partial charge in [0, 0.05) is 45.9 Å². The van der Waals surface area contributed by atoms with Gasteiger partial charge in [0.25, 0.3) is 0 Å². The van der Waals surface area contributed by atoms with Crippen molar-refractivity contribution in [1.29, 1.82) is 0 Å². The van der Waals surface area contributed by atoms with E-state index in [1.807, 2.05) is 0 Å². The fraction of sp³-hybridized carbons (Fsp3) is 1.00. The van der Waals surface area contributed by atoms with Crippen LogP contribution in [0, 0.1) is 0 Å². The molecule has 78 valence electrons. The first-order chi connectivity index (χ1) is 6.38. The summed E-state index contributed by atoms with van der Waals surface area (Å²) >= 11 is 0. The van der Waals surface area contributed by atoms with E-state index in [4.69, 9.17) is 9.84 Å². The van der Waals surface area contributed by atoms with E-state index in [1.165, 1.54) is 0 Å². The first-order valence-electron chi connectivity index (χ1n) is 4.93. The van der Waals surface area contributed by atoms with Gasteiger partial charge in [-0.05, 0) is 6.42 Å².